The fraction of sp³-hybridized carbons (Fsp3) is 0.167. The largest absolute Gasteiger partial charge is 0.497 e. The van der Waals surface area contributed by atoms with Crippen molar-refractivity contribution in [1.29, 1.82) is 0 Å². The first kappa shape index (κ1) is 17.0. The molecule has 2 aromatic rings. The summed E-state index contributed by atoms with van der Waals surface area (Å²) < 4.78 is 18.9. The molecule has 0 aliphatic carbocycles. The molecule has 5 heteroatoms. The summed E-state index contributed by atoms with van der Waals surface area (Å²) in [6.07, 6.45) is 3.12. The molecule has 0 N–H and O–H groups in total. The summed E-state index contributed by atoms with van der Waals surface area (Å²) in [5.74, 6) is 0.0483. The Hall–Kier alpha value is -2.33. The van der Waals surface area contributed by atoms with E-state index < -0.39 is 5.82 Å². The molecule has 23 heavy (non-hydrogen) atoms. The lowest BCUT2D eigenvalue weighted by Gasteiger charge is -2.16. The normalized spacial score (nSPS) is 10.8. The molecule has 0 aliphatic heterocycles. The Labute approximate surface area is 139 Å². The van der Waals surface area contributed by atoms with Crippen LogP contribution < -0.4 is 4.74 Å². The van der Waals surface area contributed by atoms with Crippen LogP contribution in [0.1, 0.15) is 11.1 Å². The van der Waals surface area contributed by atoms with Crippen molar-refractivity contribution in [3.05, 3.63) is 70.5 Å². The number of hydrogen-bond donors (Lipinski definition) is 0. The van der Waals surface area contributed by atoms with Gasteiger partial charge in [-0.2, -0.15) is 0 Å². The maximum absolute atomic E-state index is 13.8. The van der Waals surface area contributed by atoms with Gasteiger partial charge in [0.25, 0.3) is 0 Å². The molecule has 120 valence electrons. The second-order valence-electron chi connectivity index (χ2n) is 5.00. The van der Waals surface area contributed by atoms with Crippen LogP contribution in [0.15, 0.2) is 48.5 Å². The summed E-state index contributed by atoms with van der Waals surface area (Å²) in [7, 11) is 3.18. The molecule has 0 heterocycles. The molecule has 0 saturated heterocycles. The van der Waals surface area contributed by atoms with Crippen molar-refractivity contribution >= 4 is 23.6 Å². The van der Waals surface area contributed by atoms with Crippen molar-refractivity contribution in [2.45, 2.75) is 6.54 Å². The lowest BCUT2D eigenvalue weighted by Crippen LogP contribution is -2.24. The highest BCUT2D eigenvalue weighted by atomic mass is 35.5. The predicted molar refractivity (Wildman–Crippen MR) is 89.9 cm³/mol. The number of carbonyl (C=O) groups excluding carboxylic acids is 1. The summed E-state index contributed by atoms with van der Waals surface area (Å²) in [6.45, 7) is 0.104. The highest BCUT2D eigenvalue weighted by Crippen LogP contribution is 2.20. The smallest absolute Gasteiger partial charge is 0.246 e. The number of methoxy groups -OCH3 is 1. The van der Waals surface area contributed by atoms with Gasteiger partial charge in [0.05, 0.1) is 7.11 Å². The van der Waals surface area contributed by atoms with E-state index in [1.165, 1.54) is 23.1 Å². The third-order valence-electron chi connectivity index (χ3n) is 3.35. The van der Waals surface area contributed by atoms with Gasteiger partial charge in [-0.1, -0.05) is 29.8 Å². The van der Waals surface area contributed by atoms with Gasteiger partial charge in [-0.3, -0.25) is 4.79 Å². The summed E-state index contributed by atoms with van der Waals surface area (Å²) in [6, 6.07) is 11.8. The average Bonchev–Trinajstić information content (AvgIpc) is 2.56. The number of likely N-dealkylation sites (N-methyl/N-ethyl adjacent to an activating group) is 1. The number of halogens is 2. The van der Waals surface area contributed by atoms with Gasteiger partial charge in [0.2, 0.25) is 5.91 Å². The second-order valence-corrected chi connectivity index (χ2v) is 5.41. The van der Waals surface area contributed by atoms with Crippen molar-refractivity contribution in [3.8, 4) is 5.75 Å². The zero-order valence-electron chi connectivity index (χ0n) is 12.9. The van der Waals surface area contributed by atoms with Crippen LogP contribution in [0.4, 0.5) is 4.39 Å². The first-order valence-corrected chi connectivity index (χ1v) is 7.39. The van der Waals surface area contributed by atoms with Crippen LogP contribution in [0.25, 0.3) is 6.08 Å². The number of rotatable bonds is 5. The fourth-order valence-electron chi connectivity index (χ4n) is 2.04. The Morgan fingerprint density at radius 1 is 1.30 bits per heavy atom. The van der Waals surface area contributed by atoms with E-state index in [2.05, 4.69) is 0 Å². The predicted octanol–water partition coefficient (Wildman–Crippen LogP) is 4.16. The minimum Gasteiger partial charge on any atom is -0.497 e. The zero-order valence-corrected chi connectivity index (χ0v) is 13.7. The van der Waals surface area contributed by atoms with E-state index in [-0.39, 0.29) is 12.5 Å². The van der Waals surface area contributed by atoms with Crippen LogP contribution in [0, 0.1) is 5.82 Å². The summed E-state index contributed by atoms with van der Waals surface area (Å²) in [5.41, 5.74) is 1.15. The standard InChI is InChI=1S/C18H17ClFNO2/c1-21(12-15-16(19)7-4-8-17(15)20)18(22)10-9-13-5-3-6-14(11-13)23-2/h3-11H,12H2,1-2H3/b10-9+. The maximum atomic E-state index is 13.8. The quantitative estimate of drug-likeness (QED) is 0.769. The summed E-state index contributed by atoms with van der Waals surface area (Å²) in [4.78, 5) is 13.5. The summed E-state index contributed by atoms with van der Waals surface area (Å²) in [5, 5.41) is 0.307. The highest BCUT2D eigenvalue weighted by molar-refractivity contribution is 6.31. The SMILES string of the molecule is COc1cccc(/C=C/C(=O)N(C)Cc2c(F)cccc2Cl)c1. The van der Waals surface area contributed by atoms with E-state index >= 15 is 0 Å². The molecule has 0 aliphatic rings. The van der Waals surface area contributed by atoms with E-state index in [1.54, 1.807) is 26.3 Å². The highest BCUT2D eigenvalue weighted by Gasteiger charge is 2.12. The lowest BCUT2D eigenvalue weighted by molar-refractivity contribution is -0.125. The molecule has 2 aromatic carbocycles. The maximum Gasteiger partial charge on any atom is 0.246 e. The summed E-state index contributed by atoms with van der Waals surface area (Å²) >= 11 is 5.97. The van der Waals surface area contributed by atoms with E-state index in [1.807, 2.05) is 24.3 Å². The number of ether oxygens (including phenoxy) is 1. The molecule has 2 rings (SSSR count). The Bertz CT molecular complexity index is 710. The van der Waals surface area contributed by atoms with Crippen LogP contribution in [-0.2, 0) is 11.3 Å². The first-order valence-electron chi connectivity index (χ1n) is 7.01. The van der Waals surface area contributed by atoms with Crippen LogP contribution in [0.5, 0.6) is 5.75 Å². The van der Waals surface area contributed by atoms with Gasteiger partial charge in [-0.15, -0.1) is 0 Å². The molecular weight excluding hydrogens is 317 g/mol. The molecule has 0 radical (unpaired) electrons. The van der Waals surface area contributed by atoms with Crippen molar-refractivity contribution in [3.63, 3.8) is 0 Å². The van der Waals surface area contributed by atoms with E-state index in [0.717, 1.165) is 5.56 Å². The minimum atomic E-state index is -0.422. The zero-order chi connectivity index (χ0) is 16.8. The Balaban J connectivity index is 2.06. The molecular formula is C18H17ClFNO2. The van der Waals surface area contributed by atoms with Gasteiger partial charge >= 0.3 is 0 Å². The van der Waals surface area contributed by atoms with E-state index in [4.69, 9.17) is 16.3 Å². The van der Waals surface area contributed by atoms with Crippen molar-refractivity contribution in [2.24, 2.45) is 0 Å². The Morgan fingerprint density at radius 3 is 2.74 bits per heavy atom. The molecule has 1 amide bonds. The van der Waals surface area contributed by atoms with Gasteiger partial charge < -0.3 is 9.64 Å². The molecule has 0 atom stereocenters. The molecule has 3 nitrogen and oxygen atoms in total. The fourth-order valence-corrected chi connectivity index (χ4v) is 2.26. The second kappa shape index (κ2) is 7.79. The van der Waals surface area contributed by atoms with Gasteiger partial charge in [0.15, 0.2) is 0 Å². The Kier molecular flexibility index (Phi) is 5.77. The molecule has 0 unspecified atom stereocenters. The van der Waals surface area contributed by atoms with E-state index in [9.17, 15) is 9.18 Å². The van der Waals surface area contributed by atoms with Crippen LogP contribution in [0.3, 0.4) is 0 Å². The van der Waals surface area contributed by atoms with Crippen LogP contribution in [0.2, 0.25) is 5.02 Å². The van der Waals surface area contributed by atoms with Crippen LogP contribution >= 0.6 is 11.6 Å². The van der Waals surface area contributed by atoms with Gasteiger partial charge in [0, 0.05) is 30.3 Å². The molecule has 0 fully saturated rings. The number of amides is 1. The van der Waals surface area contributed by atoms with Crippen molar-refractivity contribution in [1.82, 2.24) is 4.90 Å². The molecule has 0 bridgehead atoms. The van der Waals surface area contributed by atoms with Crippen molar-refractivity contribution < 1.29 is 13.9 Å². The van der Waals surface area contributed by atoms with Crippen LogP contribution in [-0.4, -0.2) is 25.0 Å². The van der Waals surface area contributed by atoms with Gasteiger partial charge in [0.1, 0.15) is 11.6 Å². The van der Waals surface area contributed by atoms with Crippen molar-refractivity contribution in [2.75, 3.05) is 14.2 Å². The Morgan fingerprint density at radius 2 is 2.04 bits per heavy atom. The number of nitrogens with zero attached hydrogens (tertiary/aromatic N) is 1. The number of hydrogen-bond acceptors (Lipinski definition) is 2. The molecule has 0 aromatic heterocycles. The lowest BCUT2D eigenvalue weighted by atomic mass is 10.2. The third-order valence-corrected chi connectivity index (χ3v) is 3.70. The molecule has 0 saturated carbocycles. The average molecular weight is 334 g/mol. The minimum absolute atomic E-state index is 0.104. The topological polar surface area (TPSA) is 29.5 Å². The first-order chi connectivity index (χ1) is 11.0. The van der Waals surface area contributed by atoms with Gasteiger partial charge in [-0.25, -0.2) is 4.39 Å². The molecule has 0 spiro atoms. The third kappa shape index (κ3) is 4.57. The monoisotopic (exact) mass is 333 g/mol. The van der Waals surface area contributed by atoms with E-state index in [0.29, 0.717) is 16.3 Å². The number of carbonyl (C=O) groups is 1. The van der Waals surface area contributed by atoms with Gasteiger partial charge in [-0.05, 0) is 35.9 Å². The number of benzene rings is 2.